The third-order valence-corrected chi connectivity index (χ3v) is 2.95. The molecule has 1 rings (SSSR count). The highest BCUT2D eigenvalue weighted by Gasteiger charge is 2.34. The Morgan fingerprint density at radius 2 is 2.06 bits per heavy atom. The van der Waals surface area contributed by atoms with E-state index in [9.17, 15) is 9.59 Å². The van der Waals surface area contributed by atoms with E-state index in [0.29, 0.717) is 6.54 Å². The van der Waals surface area contributed by atoms with Crippen LogP contribution < -0.4 is 11.1 Å². The predicted molar refractivity (Wildman–Crippen MR) is 68.0 cm³/mol. The number of likely N-dealkylation sites (tertiary alicyclic amines) is 1. The second-order valence-corrected chi connectivity index (χ2v) is 5.57. The number of alkyl carbamates (subject to hydrolysis) is 1. The number of hydrogen-bond donors (Lipinski definition) is 2. The molecule has 0 radical (unpaired) electrons. The van der Waals surface area contributed by atoms with Crippen LogP contribution in [-0.2, 0) is 9.53 Å². The molecule has 0 unspecified atom stereocenters. The summed E-state index contributed by atoms with van der Waals surface area (Å²) in [4.78, 5) is 24.9. The molecule has 0 aromatic rings. The molecule has 1 saturated heterocycles. The van der Waals surface area contributed by atoms with Gasteiger partial charge in [-0.25, -0.2) is 4.79 Å². The maximum Gasteiger partial charge on any atom is 0.407 e. The topological polar surface area (TPSA) is 84.7 Å². The lowest BCUT2D eigenvalue weighted by Gasteiger charge is -2.26. The molecular weight excluding hydrogens is 234 g/mol. The highest BCUT2D eigenvalue weighted by molar-refractivity contribution is 5.79. The van der Waals surface area contributed by atoms with E-state index < -0.39 is 11.7 Å². The van der Waals surface area contributed by atoms with Gasteiger partial charge in [0.1, 0.15) is 5.60 Å². The number of amides is 2. The summed E-state index contributed by atoms with van der Waals surface area (Å²) >= 11 is 0. The van der Waals surface area contributed by atoms with Gasteiger partial charge in [-0.1, -0.05) is 0 Å². The Morgan fingerprint density at radius 3 is 2.56 bits per heavy atom. The Bertz CT molecular complexity index is 325. The Morgan fingerprint density at radius 1 is 1.44 bits per heavy atom. The van der Waals surface area contributed by atoms with Crippen molar-refractivity contribution in [1.82, 2.24) is 10.2 Å². The SMILES string of the molecule is C[C@H]1[C@H](NC(=O)OC(C)(C)C)CCN1C(=O)CN. The van der Waals surface area contributed by atoms with Crippen LogP contribution in [0.15, 0.2) is 0 Å². The fraction of sp³-hybridized carbons (Fsp3) is 0.833. The monoisotopic (exact) mass is 257 g/mol. The van der Waals surface area contributed by atoms with Crippen molar-refractivity contribution in [2.75, 3.05) is 13.1 Å². The first kappa shape index (κ1) is 14.8. The number of rotatable bonds is 2. The van der Waals surface area contributed by atoms with Crippen molar-refractivity contribution in [1.29, 1.82) is 0 Å². The normalized spacial score (nSPS) is 23.9. The van der Waals surface area contributed by atoms with Gasteiger partial charge < -0.3 is 20.7 Å². The Hall–Kier alpha value is -1.30. The average Bonchev–Trinajstić information content (AvgIpc) is 2.57. The molecule has 0 bridgehead atoms. The fourth-order valence-electron chi connectivity index (χ4n) is 2.06. The summed E-state index contributed by atoms with van der Waals surface area (Å²) in [6, 6.07) is -0.121. The summed E-state index contributed by atoms with van der Waals surface area (Å²) in [6.45, 7) is 7.97. The molecule has 1 aliphatic rings. The maximum atomic E-state index is 11.6. The van der Waals surface area contributed by atoms with E-state index >= 15 is 0 Å². The van der Waals surface area contributed by atoms with Gasteiger partial charge in [-0.3, -0.25) is 4.79 Å². The second kappa shape index (κ2) is 5.56. The predicted octanol–water partition coefficient (Wildman–Crippen LogP) is 0.459. The molecule has 6 heteroatoms. The fourth-order valence-corrected chi connectivity index (χ4v) is 2.06. The van der Waals surface area contributed by atoms with Gasteiger partial charge in [0, 0.05) is 12.6 Å². The third kappa shape index (κ3) is 3.87. The minimum atomic E-state index is -0.515. The van der Waals surface area contributed by atoms with Crippen LogP contribution >= 0.6 is 0 Å². The molecule has 3 N–H and O–H groups in total. The maximum absolute atomic E-state index is 11.6. The quantitative estimate of drug-likeness (QED) is 0.752. The molecule has 1 fully saturated rings. The molecular formula is C12H23N3O3. The number of ether oxygens (including phenoxy) is 1. The van der Waals surface area contributed by atoms with Crippen LogP contribution in [0.5, 0.6) is 0 Å². The first-order valence-corrected chi connectivity index (χ1v) is 6.23. The molecule has 0 aliphatic carbocycles. The zero-order valence-corrected chi connectivity index (χ0v) is 11.5. The van der Waals surface area contributed by atoms with Crippen molar-refractivity contribution < 1.29 is 14.3 Å². The van der Waals surface area contributed by atoms with Crippen LogP contribution in [0.4, 0.5) is 4.79 Å². The van der Waals surface area contributed by atoms with E-state index in [-0.39, 0.29) is 24.5 Å². The van der Waals surface area contributed by atoms with Crippen LogP contribution in [0.1, 0.15) is 34.1 Å². The smallest absolute Gasteiger partial charge is 0.407 e. The lowest BCUT2D eigenvalue weighted by atomic mass is 10.1. The zero-order chi connectivity index (χ0) is 13.9. The largest absolute Gasteiger partial charge is 0.444 e. The summed E-state index contributed by atoms with van der Waals surface area (Å²) in [6.07, 6.45) is 0.285. The van der Waals surface area contributed by atoms with E-state index in [1.807, 2.05) is 27.7 Å². The molecule has 2 amide bonds. The van der Waals surface area contributed by atoms with Gasteiger partial charge in [-0.15, -0.1) is 0 Å². The number of nitrogens with zero attached hydrogens (tertiary/aromatic N) is 1. The lowest BCUT2D eigenvalue weighted by molar-refractivity contribution is -0.130. The van der Waals surface area contributed by atoms with E-state index in [1.54, 1.807) is 4.90 Å². The number of nitrogens with two attached hydrogens (primary N) is 1. The van der Waals surface area contributed by atoms with Crippen molar-refractivity contribution in [3.63, 3.8) is 0 Å². The van der Waals surface area contributed by atoms with E-state index in [4.69, 9.17) is 10.5 Å². The minimum absolute atomic E-state index is 0.00347. The first-order chi connectivity index (χ1) is 8.24. The van der Waals surface area contributed by atoms with Crippen LogP contribution in [-0.4, -0.2) is 47.7 Å². The summed E-state index contributed by atoms with van der Waals surface area (Å²) in [5.41, 5.74) is 4.83. The van der Waals surface area contributed by atoms with Crippen LogP contribution in [0, 0.1) is 0 Å². The second-order valence-electron chi connectivity index (χ2n) is 5.57. The molecule has 1 heterocycles. The minimum Gasteiger partial charge on any atom is -0.444 e. The van der Waals surface area contributed by atoms with E-state index in [0.717, 1.165) is 6.42 Å². The van der Waals surface area contributed by atoms with Gasteiger partial charge in [0.25, 0.3) is 0 Å². The van der Waals surface area contributed by atoms with Crippen molar-refractivity contribution in [3.8, 4) is 0 Å². The molecule has 2 atom stereocenters. The Kier molecular flexibility index (Phi) is 4.56. The van der Waals surface area contributed by atoms with Crippen LogP contribution in [0.3, 0.4) is 0 Å². The van der Waals surface area contributed by atoms with Gasteiger partial charge in [-0.05, 0) is 34.1 Å². The molecule has 0 aromatic carbocycles. The van der Waals surface area contributed by atoms with Crippen molar-refractivity contribution in [3.05, 3.63) is 0 Å². The van der Waals surface area contributed by atoms with E-state index in [1.165, 1.54) is 0 Å². The molecule has 0 saturated carbocycles. The Balaban J connectivity index is 2.50. The van der Waals surface area contributed by atoms with Crippen LogP contribution in [0.2, 0.25) is 0 Å². The summed E-state index contributed by atoms with van der Waals surface area (Å²) in [5.74, 6) is -0.0870. The average molecular weight is 257 g/mol. The van der Waals surface area contributed by atoms with Crippen molar-refractivity contribution >= 4 is 12.0 Å². The lowest BCUT2D eigenvalue weighted by Crippen LogP contribution is -2.47. The molecule has 1 aliphatic heterocycles. The zero-order valence-electron chi connectivity index (χ0n) is 11.5. The molecule has 18 heavy (non-hydrogen) atoms. The number of nitrogens with one attached hydrogen (secondary N) is 1. The summed E-state index contributed by atoms with van der Waals surface area (Å²) in [5, 5.41) is 2.80. The standard InChI is InChI=1S/C12H23N3O3/c1-8-9(5-6-15(8)10(16)7-13)14-11(17)18-12(2,3)4/h8-9H,5-7,13H2,1-4H3,(H,14,17)/t8-,9+/m0/s1. The van der Waals surface area contributed by atoms with Gasteiger partial charge in [0.15, 0.2) is 0 Å². The highest BCUT2D eigenvalue weighted by atomic mass is 16.6. The highest BCUT2D eigenvalue weighted by Crippen LogP contribution is 2.18. The number of carbonyl (C=O) groups excluding carboxylic acids is 2. The molecule has 0 aromatic heterocycles. The van der Waals surface area contributed by atoms with Crippen LogP contribution in [0.25, 0.3) is 0 Å². The first-order valence-electron chi connectivity index (χ1n) is 6.23. The van der Waals surface area contributed by atoms with E-state index in [2.05, 4.69) is 5.32 Å². The molecule has 0 spiro atoms. The van der Waals surface area contributed by atoms with Gasteiger partial charge in [0.2, 0.25) is 5.91 Å². The summed E-state index contributed by atoms with van der Waals surface area (Å²) in [7, 11) is 0. The van der Waals surface area contributed by atoms with Gasteiger partial charge in [0.05, 0.1) is 12.6 Å². The molecule has 6 nitrogen and oxygen atoms in total. The number of hydrogen-bond acceptors (Lipinski definition) is 4. The van der Waals surface area contributed by atoms with Crippen molar-refractivity contribution in [2.24, 2.45) is 5.73 Å². The Labute approximate surface area is 108 Å². The summed E-state index contributed by atoms with van der Waals surface area (Å²) < 4.78 is 5.19. The molecule has 104 valence electrons. The van der Waals surface area contributed by atoms with Crippen molar-refractivity contribution in [2.45, 2.75) is 51.8 Å². The van der Waals surface area contributed by atoms with Gasteiger partial charge in [-0.2, -0.15) is 0 Å². The van der Waals surface area contributed by atoms with Gasteiger partial charge >= 0.3 is 6.09 Å². The number of carbonyl (C=O) groups is 2. The third-order valence-electron chi connectivity index (χ3n) is 2.95.